The highest BCUT2D eigenvalue weighted by molar-refractivity contribution is 6.31. The molecule has 2 rings (SSSR count). The number of halogens is 1. The van der Waals surface area contributed by atoms with Crippen molar-refractivity contribution in [2.24, 2.45) is 11.8 Å². The third kappa shape index (κ3) is 2.57. The number of Topliss-reactive ketones (excluding diaryl/α,β-unsaturated/α-hetero) is 1. The van der Waals surface area contributed by atoms with Gasteiger partial charge in [0.25, 0.3) is 0 Å². The van der Waals surface area contributed by atoms with Crippen molar-refractivity contribution in [3.63, 3.8) is 0 Å². The first-order valence-corrected chi connectivity index (χ1v) is 6.65. The Morgan fingerprint density at radius 2 is 2.11 bits per heavy atom. The van der Waals surface area contributed by atoms with Crippen molar-refractivity contribution in [2.45, 2.75) is 39.4 Å². The van der Waals surface area contributed by atoms with Gasteiger partial charge in [0, 0.05) is 24.7 Å². The Balaban J connectivity index is 2.11. The SMILES string of the molecule is CC1OC(C)C(C(=O)Cc2ccncc2Cl)C1C. The Morgan fingerprint density at radius 3 is 2.67 bits per heavy atom. The van der Waals surface area contributed by atoms with Gasteiger partial charge >= 0.3 is 0 Å². The maximum absolute atomic E-state index is 12.4. The summed E-state index contributed by atoms with van der Waals surface area (Å²) in [6.45, 7) is 6.06. The van der Waals surface area contributed by atoms with Crippen molar-refractivity contribution in [1.82, 2.24) is 4.98 Å². The number of hydrogen-bond acceptors (Lipinski definition) is 3. The van der Waals surface area contributed by atoms with E-state index in [1.165, 1.54) is 0 Å². The molecule has 4 heteroatoms. The van der Waals surface area contributed by atoms with E-state index in [-0.39, 0.29) is 29.8 Å². The van der Waals surface area contributed by atoms with Crippen LogP contribution in [0.2, 0.25) is 5.02 Å². The van der Waals surface area contributed by atoms with Crippen molar-refractivity contribution < 1.29 is 9.53 Å². The molecule has 0 saturated carbocycles. The molecule has 1 aliphatic rings. The van der Waals surface area contributed by atoms with Gasteiger partial charge in [-0.2, -0.15) is 0 Å². The third-order valence-corrected chi connectivity index (χ3v) is 4.18. The molecule has 1 aromatic heterocycles. The molecule has 0 amide bonds. The summed E-state index contributed by atoms with van der Waals surface area (Å²) in [5.74, 6) is 0.421. The van der Waals surface area contributed by atoms with E-state index in [1.807, 2.05) is 13.8 Å². The molecule has 0 N–H and O–H groups in total. The molecule has 0 aliphatic carbocycles. The van der Waals surface area contributed by atoms with Crippen LogP contribution < -0.4 is 0 Å². The van der Waals surface area contributed by atoms with Crippen LogP contribution in [0.5, 0.6) is 0 Å². The fourth-order valence-corrected chi connectivity index (χ4v) is 2.86. The second kappa shape index (κ2) is 5.37. The smallest absolute Gasteiger partial charge is 0.143 e. The monoisotopic (exact) mass is 267 g/mol. The molecule has 0 spiro atoms. The number of pyridine rings is 1. The third-order valence-electron chi connectivity index (χ3n) is 3.83. The quantitative estimate of drug-likeness (QED) is 0.845. The lowest BCUT2D eigenvalue weighted by Crippen LogP contribution is -2.28. The van der Waals surface area contributed by atoms with E-state index in [0.29, 0.717) is 11.4 Å². The minimum atomic E-state index is -0.0377. The summed E-state index contributed by atoms with van der Waals surface area (Å²) in [5, 5.41) is 0.554. The largest absolute Gasteiger partial charge is 0.375 e. The molecule has 0 bridgehead atoms. The van der Waals surface area contributed by atoms with E-state index >= 15 is 0 Å². The predicted molar refractivity (Wildman–Crippen MR) is 70.6 cm³/mol. The van der Waals surface area contributed by atoms with E-state index in [4.69, 9.17) is 16.3 Å². The Kier molecular flexibility index (Phi) is 4.03. The Hall–Kier alpha value is -0.930. The molecule has 18 heavy (non-hydrogen) atoms. The van der Waals surface area contributed by atoms with Gasteiger partial charge in [-0.25, -0.2) is 0 Å². The van der Waals surface area contributed by atoms with Crippen molar-refractivity contribution in [1.29, 1.82) is 0 Å². The molecule has 0 radical (unpaired) electrons. The van der Waals surface area contributed by atoms with E-state index in [2.05, 4.69) is 11.9 Å². The molecule has 3 nitrogen and oxygen atoms in total. The molecule has 98 valence electrons. The van der Waals surface area contributed by atoms with E-state index in [0.717, 1.165) is 5.56 Å². The van der Waals surface area contributed by atoms with Gasteiger partial charge in [-0.3, -0.25) is 9.78 Å². The summed E-state index contributed by atoms with van der Waals surface area (Å²) in [5.41, 5.74) is 0.843. The van der Waals surface area contributed by atoms with Gasteiger partial charge in [-0.15, -0.1) is 0 Å². The molecular formula is C14H18ClNO2. The summed E-state index contributed by atoms with van der Waals surface area (Å²) >= 11 is 6.03. The van der Waals surface area contributed by atoms with Gasteiger partial charge < -0.3 is 4.74 Å². The van der Waals surface area contributed by atoms with Crippen molar-refractivity contribution in [2.75, 3.05) is 0 Å². The van der Waals surface area contributed by atoms with E-state index in [9.17, 15) is 4.79 Å². The first-order valence-electron chi connectivity index (χ1n) is 6.27. The highest BCUT2D eigenvalue weighted by Gasteiger charge is 2.41. The normalized spacial score (nSPS) is 31.6. The van der Waals surface area contributed by atoms with Gasteiger partial charge in [-0.1, -0.05) is 18.5 Å². The lowest BCUT2D eigenvalue weighted by atomic mass is 9.84. The molecule has 4 atom stereocenters. The first kappa shape index (κ1) is 13.5. The molecule has 1 aromatic rings. The van der Waals surface area contributed by atoms with Crippen LogP contribution in [0, 0.1) is 11.8 Å². The van der Waals surface area contributed by atoms with Crippen LogP contribution in [0.4, 0.5) is 0 Å². The average molecular weight is 268 g/mol. The zero-order chi connectivity index (χ0) is 13.3. The van der Waals surface area contributed by atoms with Crippen molar-refractivity contribution >= 4 is 17.4 Å². The minimum Gasteiger partial charge on any atom is -0.375 e. The number of carbonyl (C=O) groups excluding carboxylic acids is 1. The fraction of sp³-hybridized carbons (Fsp3) is 0.571. The standard InChI is InChI=1S/C14H18ClNO2/c1-8-9(2)18-10(3)14(8)13(17)6-11-4-5-16-7-12(11)15/h4-5,7-10,14H,6H2,1-3H3. The van der Waals surface area contributed by atoms with Crippen LogP contribution in [0.15, 0.2) is 18.5 Å². The lowest BCUT2D eigenvalue weighted by Gasteiger charge is -2.17. The summed E-state index contributed by atoms with van der Waals surface area (Å²) < 4.78 is 5.71. The first-order chi connectivity index (χ1) is 8.50. The van der Waals surface area contributed by atoms with Gasteiger partial charge in [0.1, 0.15) is 5.78 Å². The van der Waals surface area contributed by atoms with Gasteiger partial charge in [0.05, 0.1) is 17.2 Å². The molecule has 0 aromatic carbocycles. The summed E-state index contributed by atoms with van der Waals surface area (Å²) in [6, 6.07) is 1.80. The topological polar surface area (TPSA) is 39.2 Å². The molecule has 2 heterocycles. The Bertz CT molecular complexity index is 449. The van der Waals surface area contributed by atoms with Crippen LogP contribution in [0.3, 0.4) is 0 Å². The summed E-state index contributed by atoms with van der Waals surface area (Å²) in [4.78, 5) is 16.3. The number of ether oxygens (including phenoxy) is 1. The highest BCUT2D eigenvalue weighted by atomic mass is 35.5. The van der Waals surface area contributed by atoms with Gasteiger partial charge in [-0.05, 0) is 31.4 Å². The van der Waals surface area contributed by atoms with Crippen LogP contribution in [-0.4, -0.2) is 23.0 Å². The Morgan fingerprint density at radius 1 is 1.39 bits per heavy atom. The number of rotatable bonds is 3. The van der Waals surface area contributed by atoms with Crippen LogP contribution in [0.25, 0.3) is 0 Å². The van der Waals surface area contributed by atoms with Gasteiger partial charge in [0.2, 0.25) is 0 Å². The maximum Gasteiger partial charge on any atom is 0.143 e. The van der Waals surface area contributed by atoms with Crippen molar-refractivity contribution in [3.05, 3.63) is 29.0 Å². The fourth-order valence-electron chi connectivity index (χ4n) is 2.67. The average Bonchev–Trinajstić information content (AvgIpc) is 2.56. The van der Waals surface area contributed by atoms with E-state index < -0.39 is 0 Å². The summed E-state index contributed by atoms with van der Waals surface area (Å²) in [7, 11) is 0. The zero-order valence-corrected chi connectivity index (χ0v) is 11.6. The number of ketones is 1. The lowest BCUT2D eigenvalue weighted by molar-refractivity contribution is -0.124. The van der Waals surface area contributed by atoms with Crippen LogP contribution >= 0.6 is 11.6 Å². The van der Waals surface area contributed by atoms with Crippen LogP contribution in [0.1, 0.15) is 26.3 Å². The second-order valence-corrected chi connectivity index (χ2v) is 5.45. The molecular weight excluding hydrogens is 250 g/mol. The number of hydrogen-bond donors (Lipinski definition) is 0. The van der Waals surface area contributed by atoms with E-state index in [1.54, 1.807) is 18.5 Å². The van der Waals surface area contributed by atoms with Gasteiger partial charge in [0.15, 0.2) is 0 Å². The summed E-state index contributed by atoms with van der Waals surface area (Å²) in [6.07, 6.45) is 3.72. The predicted octanol–water partition coefficient (Wildman–Crippen LogP) is 2.91. The van der Waals surface area contributed by atoms with Crippen LogP contribution in [-0.2, 0) is 16.0 Å². The second-order valence-electron chi connectivity index (χ2n) is 5.04. The molecule has 1 aliphatic heterocycles. The van der Waals surface area contributed by atoms with Crippen molar-refractivity contribution in [3.8, 4) is 0 Å². The number of nitrogens with zero attached hydrogens (tertiary/aromatic N) is 1. The maximum atomic E-state index is 12.4. The zero-order valence-electron chi connectivity index (χ0n) is 10.9. The highest BCUT2D eigenvalue weighted by Crippen LogP contribution is 2.33. The molecule has 4 unspecified atom stereocenters. The number of aromatic nitrogens is 1. The Labute approximate surface area is 113 Å². The molecule has 1 fully saturated rings. The number of carbonyl (C=O) groups is 1. The molecule has 1 saturated heterocycles. The minimum absolute atomic E-state index is 0.0110.